The van der Waals surface area contributed by atoms with Gasteiger partial charge in [-0.1, -0.05) is 46.8 Å². The quantitative estimate of drug-likeness (QED) is 0.184. The molecule has 0 saturated carbocycles. The maximum atomic E-state index is 14.9. The number of thioether (sulfide) groups is 1. The molecule has 3 fully saturated rings. The number of nitrogens with zero attached hydrogens (tertiary/aromatic N) is 2. The number of ether oxygens (including phenoxy) is 1. The second-order valence-corrected chi connectivity index (χ2v) is 16.4. The molecule has 0 aromatic rings. The number of fused-ring (bicyclic) bond motifs is 1. The van der Waals surface area contributed by atoms with Gasteiger partial charge < -0.3 is 19.6 Å². The van der Waals surface area contributed by atoms with Gasteiger partial charge in [-0.2, -0.15) is 0 Å². The van der Waals surface area contributed by atoms with Crippen LogP contribution in [0.15, 0.2) is 25.3 Å². The van der Waals surface area contributed by atoms with Crippen molar-refractivity contribution in [2.45, 2.75) is 115 Å². The van der Waals surface area contributed by atoms with Crippen molar-refractivity contribution in [2.24, 2.45) is 23.2 Å². The fraction of sp³-hybridized carbons (Fsp3) is 0.781. The second kappa shape index (κ2) is 11.8. The van der Waals surface area contributed by atoms with Crippen LogP contribution in [0.3, 0.4) is 0 Å². The maximum absolute atomic E-state index is 14.9. The van der Waals surface area contributed by atoms with E-state index in [0.717, 1.165) is 12.8 Å². The highest BCUT2D eigenvalue weighted by Crippen LogP contribution is 2.72. The van der Waals surface area contributed by atoms with Crippen LogP contribution in [-0.4, -0.2) is 79.6 Å². The molecule has 3 rings (SSSR count). The van der Waals surface area contributed by atoms with Gasteiger partial charge in [-0.15, -0.1) is 24.9 Å². The van der Waals surface area contributed by atoms with Gasteiger partial charge in [-0.3, -0.25) is 14.4 Å². The van der Waals surface area contributed by atoms with Gasteiger partial charge in [-0.05, 0) is 64.2 Å². The Morgan fingerprint density at radius 1 is 1.20 bits per heavy atom. The molecule has 3 saturated heterocycles. The van der Waals surface area contributed by atoms with Crippen LogP contribution in [0.1, 0.15) is 87.5 Å². The number of amides is 2. The van der Waals surface area contributed by atoms with Gasteiger partial charge in [0.2, 0.25) is 11.8 Å². The standard InChI is InChI=1S/C32H52N2O5S/c1-11-13-17-39-28(38)24-23-26(36)34(22(19-35)18-21(3)4)25(32(23)15-14-31(24,10)40-32)27(37)33(16-12-2)30(8,9)20-29(5,6)7/h11-12,21-25,35H,1-2,13-20H2,3-10H3/t22-,23+,24-,25?,31+,32?/m1/s1. The van der Waals surface area contributed by atoms with Crippen LogP contribution >= 0.6 is 11.8 Å². The highest BCUT2D eigenvalue weighted by atomic mass is 32.2. The molecule has 0 aromatic heterocycles. The summed E-state index contributed by atoms with van der Waals surface area (Å²) < 4.78 is 4.41. The Morgan fingerprint density at radius 3 is 2.38 bits per heavy atom. The van der Waals surface area contributed by atoms with Crippen LogP contribution in [0.5, 0.6) is 0 Å². The minimum Gasteiger partial charge on any atom is -0.465 e. The van der Waals surface area contributed by atoms with Gasteiger partial charge in [0.1, 0.15) is 6.04 Å². The minimum absolute atomic E-state index is 0.0329. The van der Waals surface area contributed by atoms with Crippen LogP contribution in [0.25, 0.3) is 0 Å². The molecule has 2 unspecified atom stereocenters. The van der Waals surface area contributed by atoms with E-state index in [1.807, 2.05) is 11.8 Å². The van der Waals surface area contributed by atoms with E-state index in [1.165, 1.54) is 0 Å². The van der Waals surface area contributed by atoms with Crippen LogP contribution in [0.2, 0.25) is 0 Å². The van der Waals surface area contributed by atoms with Crippen molar-refractivity contribution in [3.05, 3.63) is 25.3 Å². The van der Waals surface area contributed by atoms with Crippen LogP contribution < -0.4 is 0 Å². The van der Waals surface area contributed by atoms with Crippen molar-refractivity contribution in [3.63, 3.8) is 0 Å². The largest absolute Gasteiger partial charge is 0.465 e. The zero-order chi connectivity index (χ0) is 30.3. The molecular formula is C32H52N2O5S. The summed E-state index contributed by atoms with van der Waals surface area (Å²) in [6.45, 7) is 24.8. The fourth-order valence-corrected chi connectivity index (χ4v) is 10.2. The van der Waals surface area contributed by atoms with E-state index < -0.39 is 39.0 Å². The van der Waals surface area contributed by atoms with Gasteiger partial charge in [0.05, 0.1) is 35.8 Å². The number of aliphatic hydroxyl groups is 1. The number of likely N-dealkylation sites (tertiary alicyclic amines) is 1. The Bertz CT molecular complexity index is 1000. The van der Waals surface area contributed by atoms with Crippen molar-refractivity contribution in [2.75, 3.05) is 19.8 Å². The van der Waals surface area contributed by atoms with Crippen molar-refractivity contribution >= 4 is 29.5 Å². The predicted octanol–water partition coefficient (Wildman–Crippen LogP) is 5.22. The summed E-state index contributed by atoms with van der Waals surface area (Å²) in [6.07, 6.45) is 6.70. The molecule has 3 heterocycles. The van der Waals surface area contributed by atoms with E-state index >= 15 is 0 Å². The molecular weight excluding hydrogens is 524 g/mol. The topological polar surface area (TPSA) is 87.1 Å². The first kappa shape index (κ1) is 32.7. The van der Waals surface area contributed by atoms with Gasteiger partial charge in [0, 0.05) is 16.8 Å². The zero-order valence-electron chi connectivity index (χ0n) is 26.0. The van der Waals surface area contributed by atoms with Crippen molar-refractivity contribution in [1.29, 1.82) is 0 Å². The Balaban J connectivity index is 2.15. The minimum atomic E-state index is -0.780. The molecule has 3 aliphatic rings. The summed E-state index contributed by atoms with van der Waals surface area (Å²) in [6, 6.07) is -1.29. The molecule has 3 aliphatic heterocycles. The normalized spacial score (nSPS) is 30.4. The molecule has 8 heteroatoms. The van der Waals surface area contributed by atoms with E-state index in [0.29, 0.717) is 25.8 Å². The maximum Gasteiger partial charge on any atom is 0.311 e. The summed E-state index contributed by atoms with van der Waals surface area (Å²) in [7, 11) is 0. The average Bonchev–Trinajstić information content (AvgIpc) is 3.39. The lowest BCUT2D eigenvalue weighted by Gasteiger charge is -2.46. The first-order valence-electron chi connectivity index (χ1n) is 14.8. The highest BCUT2D eigenvalue weighted by Gasteiger charge is 2.78. The lowest BCUT2D eigenvalue weighted by molar-refractivity contribution is -0.156. The summed E-state index contributed by atoms with van der Waals surface area (Å²) >= 11 is 1.64. The highest BCUT2D eigenvalue weighted by molar-refractivity contribution is 8.02. The molecule has 2 bridgehead atoms. The van der Waals surface area contributed by atoms with Gasteiger partial charge >= 0.3 is 5.97 Å². The SMILES string of the molecule is C=CCCOC(=O)[C@H]1[C@H]2C(=O)N([C@@H](CO)CC(C)C)C(C(=O)N(CC=C)C(C)(C)CC(C)(C)C)C23CC[C@]1(C)S3. The first-order valence-corrected chi connectivity index (χ1v) is 15.6. The lowest BCUT2D eigenvalue weighted by Crippen LogP contribution is -2.61. The number of esters is 1. The van der Waals surface area contributed by atoms with E-state index in [4.69, 9.17) is 4.74 Å². The zero-order valence-corrected chi connectivity index (χ0v) is 26.8. The van der Waals surface area contributed by atoms with Gasteiger partial charge in [0.15, 0.2) is 0 Å². The van der Waals surface area contributed by atoms with Crippen molar-refractivity contribution in [1.82, 2.24) is 9.80 Å². The van der Waals surface area contributed by atoms with Crippen molar-refractivity contribution in [3.8, 4) is 0 Å². The number of carbonyl (C=O) groups excluding carboxylic acids is 3. The number of carbonyl (C=O) groups is 3. The number of hydrogen-bond donors (Lipinski definition) is 1. The Morgan fingerprint density at radius 2 is 1.85 bits per heavy atom. The fourth-order valence-electron chi connectivity index (χ4n) is 7.85. The number of rotatable bonds is 13. The third-order valence-corrected chi connectivity index (χ3v) is 10.9. The molecule has 0 radical (unpaired) electrons. The smallest absolute Gasteiger partial charge is 0.311 e. The Kier molecular flexibility index (Phi) is 9.67. The van der Waals surface area contributed by atoms with E-state index in [-0.39, 0.29) is 42.3 Å². The summed E-state index contributed by atoms with van der Waals surface area (Å²) in [4.78, 5) is 46.5. The molecule has 6 atom stereocenters. The third-order valence-electron chi connectivity index (χ3n) is 8.89. The van der Waals surface area contributed by atoms with Crippen LogP contribution in [0.4, 0.5) is 0 Å². The summed E-state index contributed by atoms with van der Waals surface area (Å²) in [5.41, 5.74) is -0.539. The first-order chi connectivity index (χ1) is 18.5. The lowest BCUT2D eigenvalue weighted by atomic mass is 9.66. The molecule has 0 aromatic carbocycles. The average molecular weight is 577 g/mol. The second-order valence-electron chi connectivity index (χ2n) is 14.5. The summed E-state index contributed by atoms with van der Waals surface area (Å²) in [5.74, 6) is -1.79. The molecule has 7 nitrogen and oxygen atoms in total. The molecule has 226 valence electrons. The monoisotopic (exact) mass is 576 g/mol. The molecule has 2 amide bonds. The predicted molar refractivity (Wildman–Crippen MR) is 162 cm³/mol. The molecule has 1 spiro atoms. The van der Waals surface area contributed by atoms with E-state index in [2.05, 4.69) is 61.6 Å². The molecule has 0 aliphatic carbocycles. The number of hydrogen-bond acceptors (Lipinski definition) is 6. The number of aliphatic hydroxyl groups excluding tert-OH is 1. The van der Waals surface area contributed by atoms with E-state index in [9.17, 15) is 19.5 Å². The van der Waals surface area contributed by atoms with E-state index in [1.54, 1.807) is 28.8 Å². The summed E-state index contributed by atoms with van der Waals surface area (Å²) in [5, 5.41) is 10.6. The molecule has 40 heavy (non-hydrogen) atoms. The van der Waals surface area contributed by atoms with Crippen LogP contribution in [-0.2, 0) is 19.1 Å². The van der Waals surface area contributed by atoms with Crippen molar-refractivity contribution < 1.29 is 24.2 Å². The third kappa shape index (κ3) is 5.90. The Labute approximate surface area is 246 Å². The molecule has 1 N–H and O–H groups in total. The van der Waals surface area contributed by atoms with Crippen LogP contribution in [0, 0.1) is 23.2 Å². The van der Waals surface area contributed by atoms with Gasteiger partial charge in [0.25, 0.3) is 0 Å². The van der Waals surface area contributed by atoms with Gasteiger partial charge in [-0.25, -0.2) is 0 Å². The Hall–Kier alpha value is -1.80.